The van der Waals surface area contributed by atoms with Gasteiger partial charge in [0.15, 0.2) is 0 Å². The quantitative estimate of drug-likeness (QED) is 0.780. The number of hydrogen-bond acceptors (Lipinski definition) is 2. The van der Waals surface area contributed by atoms with Crippen molar-refractivity contribution < 1.29 is 0 Å². The molecule has 0 spiro atoms. The third-order valence-corrected chi connectivity index (χ3v) is 3.05. The van der Waals surface area contributed by atoms with Crippen LogP contribution in [0, 0.1) is 0 Å². The van der Waals surface area contributed by atoms with Gasteiger partial charge in [-0.1, -0.05) is 17.7 Å². The van der Waals surface area contributed by atoms with Gasteiger partial charge in [-0.15, -0.1) is 11.6 Å². The molecule has 2 nitrogen and oxygen atoms in total. The molecular weight excluding hydrogens is 243 g/mol. The summed E-state index contributed by atoms with van der Waals surface area (Å²) in [5, 5.41) is 0.533. The second-order valence-electron chi connectivity index (χ2n) is 3.43. The summed E-state index contributed by atoms with van der Waals surface area (Å²) >= 11 is 12.3. The molecule has 2 rings (SSSR count). The summed E-state index contributed by atoms with van der Waals surface area (Å²) in [6.07, 6.45) is 7.52. The van der Waals surface area contributed by atoms with E-state index in [0.717, 1.165) is 11.1 Å². The van der Waals surface area contributed by atoms with Gasteiger partial charge >= 0.3 is 0 Å². The smallest absolute Gasteiger partial charge is 0.0641 e. The maximum absolute atomic E-state index is 6.29. The summed E-state index contributed by atoms with van der Waals surface area (Å²) in [6, 6.07) is 5.71. The zero-order valence-electron chi connectivity index (χ0n) is 8.48. The zero-order valence-corrected chi connectivity index (χ0v) is 9.99. The Morgan fingerprint density at radius 1 is 1.12 bits per heavy atom. The third-order valence-electron chi connectivity index (χ3n) is 2.30. The first-order valence-corrected chi connectivity index (χ1v) is 5.71. The molecule has 2 heterocycles. The molecule has 0 fully saturated rings. The predicted molar refractivity (Wildman–Crippen MR) is 65.8 cm³/mol. The van der Waals surface area contributed by atoms with E-state index in [9.17, 15) is 0 Å². The van der Waals surface area contributed by atoms with Crippen molar-refractivity contribution >= 4 is 23.2 Å². The number of pyridine rings is 2. The lowest BCUT2D eigenvalue weighted by Crippen LogP contribution is -1.97. The Hall–Kier alpha value is -1.12. The Labute approximate surface area is 104 Å². The predicted octanol–water partition coefficient (Wildman–Crippen LogP) is 3.65. The number of nitrogens with zero attached hydrogens (tertiary/aromatic N) is 2. The second-order valence-corrected chi connectivity index (χ2v) is 4.36. The fourth-order valence-electron chi connectivity index (χ4n) is 1.44. The molecule has 0 saturated carbocycles. The second kappa shape index (κ2) is 5.28. The molecule has 0 aromatic carbocycles. The van der Waals surface area contributed by atoms with E-state index in [1.807, 2.05) is 18.2 Å². The SMILES string of the molecule is Clc1cnccc1CC(Cl)c1cccnc1. The van der Waals surface area contributed by atoms with Crippen molar-refractivity contribution in [3.05, 3.63) is 59.1 Å². The first-order chi connectivity index (χ1) is 7.77. The van der Waals surface area contributed by atoms with Crippen LogP contribution >= 0.6 is 23.2 Å². The molecule has 2 aromatic rings. The van der Waals surface area contributed by atoms with Gasteiger partial charge in [-0.3, -0.25) is 9.97 Å². The Morgan fingerprint density at radius 2 is 1.94 bits per heavy atom. The molecule has 0 aliphatic heterocycles. The highest BCUT2D eigenvalue weighted by molar-refractivity contribution is 6.31. The topological polar surface area (TPSA) is 25.8 Å². The average Bonchev–Trinajstić information content (AvgIpc) is 2.33. The van der Waals surface area contributed by atoms with E-state index >= 15 is 0 Å². The zero-order chi connectivity index (χ0) is 11.4. The lowest BCUT2D eigenvalue weighted by molar-refractivity contribution is 0.908. The molecule has 0 amide bonds. The summed E-state index contributed by atoms with van der Waals surface area (Å²) in [6.45, 7) is 0. The van der Waals surface area contributed by atoms with Crippen LogP contribution < -0.4 is 0 Å². The average molecular weight is 253 g/mol. The fourth-order valence-corrected chi connectivity index (χ4v) is 1.93. The van der Waals surface area contributed by atoms with E-state index < -0.39 is 0 Å². The van der Waals surface area contributed by atoms with Crippen LogP contribution in [-0.4, -0.2) is 9.97 Å². The Kier molecular flexibility index (Phi) is 3.75. The lowest BCUT2D eigenvalue weighted by atomic mass is 10.1. The summed E-state index contributed by atoms with van der Waals surface area (Å²) < 4.78 is 0. The van der Waals surface area contributed by atoms with Crippen molar-refractivity contribution in [3.8, 4) is 0 Å². The van der Waals surface area contributed by atoms with Gasteiger partial charge in [0.25, 0.3) is 0 Å². The Balaban J connectivity index is 2.14. The van der Waals surface area contributed by atoms with Crippen molar-refractivity contribution in [3.63, 3.8) is 0 Å². The van der Waals surface area contributed by atoms with Gasteiger partial charge in [0.05, 0.1) is 10.4 Å². The van der Waals surface area contributed by atoms with Crippen LogP contribution in [0.2, 0.25) is 5.02 Å². The molecular formula is C12H10Cl2N2. The highest BCUT2D eigenvalue weighted by Gasteiger charge is 2.10. The normalized spacial score (nSPS) is 12.4. The standard InChI is InChI=1S/C12H10Cl2N2/c13-11(10-2-1-4-15-7-10)6-9-3-5-16-8-12(9)14/h1-5,7-8,11H,6H2. The molecule has 0 aliphatic rings. The van der Waals surface area contributed by atoms with E-state index in [1.165, 1.54) is 0 Å². The van der Waals surface area contributed by atoms with Gasteiger partial charge < -0.3 is 0 Å². The molecule has 0 radical (unpaired) electrons. The minimum absolute atomic E-state index is 0.117. The largest absolute Gasteiger partial charge is 0.264 e. The first kappa shape index (κ1) is 11.4. The molecule has 16 heavy (non-hydrogen) atoms. The molecule has 1 unspecified atom stereocenters. The molecule has 0 saturated heterocycles. The minimum Gasteiger partial charge on any atom is -0.264 e. The molecule has 2 aromatic heterocycles. The Bertz CT molecular complexity index is 460. The Morgan fingerprint density at radius 3 is 2.62 bits per heavy atom. The van der Waals surface area contributed by atoms with Crippen molar-refractivity contribution in [2.24, 2.45) is 0 Å². The van der Waals surface area contributed by atoms with Crippen molar-refractivity contribution in [1.29, 1.82) is 0 Å². The van der Waals surface area contributed by atoms with Gasteiger partial charge in [0.1, 0.15) is 0 Å². The molecule has 4 heteroatoms. The van der Waals surface area contributed by atoms with Crippen molar-refractivity contribution in [2.75, 3.05) is 0 Å². The van der Waals surface area contributed by atoms with Crippen molar-refractivity contribution in [1.82, 2.24) is 9.97 Å². The van der Waals surface area contributed by atoms with Crippen LogP contribution in [0.1, 0.15) is 16.5 Å². The summed E-state index contributed by atoms with van der Waals surface area (Å²) in [7, 11) is 0. The van der Waals surface area contributed by atoms with Crippen LogP contribution in [0.25, 0.3) is 0 Å². The van der Waals surface area contributed by atoms with Crippen LogP contribution in [0.4, 0.5) is 0 Å². The van der Waals surface area contributed by atoms with E-state index in [4.69, 9.17) is 23.2 Å². The van der Waals surface area contributed by atoms with Crippen molar-refractivity contribution in [2.45, 2.75) is 11.8 Å². The maximum Gasteiger partial charge on any atom is 0.0641 e. The minimum atomic E-state index is -0.117. The van der Waals surface area contributed by atoms with E-state index in [0.29, 0.717) is 11.4 Å². The maximum atomic E-state index is 6.29. The van der Waals surface area contributed by atoms with Crippen LogP contribution in [0.15, 0.2) is 43.0 Å². The fraction of sp³-hybridized carbons (Fsp3) is 0.167. The number of hydrogen-bond donors (Lipinski definition) is 0. The van der Waals surface area contributed by atoms with Gasteiger partial charge in [0, 0.05) is 24.8 Å². The van der Waals surface area contributed by atoms with Crippen LogP contribution in [0.5, 0.6) is 0 Å². The number of rotatable bonds is 3. The number of alkyl halides is 1. The summed E-state index contributed by atoms with van der Waals surface area (Å²) in [4.78, 5) is 7.98. The van der Waals surface area contributed by atoms with E-state index in [1.54, 1.807) is 24.8 Å². The lowest BCUT2D eigenvalue weighted by Gasteiger charge is -2.10. The summed E-state index contributed by atoms with van der Waals surface area (Å²) in [5.74, 6) is 0. The number of aromatic nitrogens is 2. The first-order valence-electron chi connectivity index (χ1n) is 4.90. The molecule has 1 atom stereocenters. The third kappa shape index (κ3) is 2.71. The molecule has 0 bridgehead atoms. The van der Waals surface area contributed by atoms with Gasteiger partial charge in [-0.2, -0.15) is 0 Å². The van der Waals surface area contributed by atoms with Crippen LogP contribution in [-0.2, 0) is 6.42 Å². The van der Waals surface area contributed by atoms with Gasteiger partial charge in [-0.25, -0.2) is 0 Å². The number of halogens is 2. The van der Waals surface area contributed by atoms with E-state index in [-0.39, 0.29) is 5.38 Å². The van der Waals surface area contributed by atoms with E-state index in [2.05, 4.69) is 9.97 Å². The summed E-state index contributed by atoms with van der Waals surface area (Å²) in [5.41, 5.74) is 2.00. The molecule has 0 N–H and O–H groups in total. The van der Waals surface area contributed by atoms with Gasteiger partial charge in [-0.05, 0) is 29.7 Å². The molecule has 82 valence electrons. The highest BCUT2D eigenvalue weighted by Crippen LogP contribution is 2.26. The van der Waals surface area contributed by atoms with Crippen LogP contribution in [0.3, 0.4) is 0 Å². The molecule has 0 aliphatic carbocycles. The highest BCUT2D eigenvalue weighted by atomic mass is 35.5. The van der Waals surface area contributed by atoms with Gasteiger partial charge in [0.2, 0.25) is 0 Å². The monoisotopic (exact) mass is 252 g/mol.